The standard InChI is InChI=1S/C9H10BrN3S/c10-7-3-9(14-6-7)5-13-2-1-8(4-11)12-13/h1-3,6H,4-5,11H2. The first-order valence-corrected chi connectivity index (χ1v) is 5.90. The highest BCUT2D eigenvalue weighted by Gasteiger charge is 2.00. The predicted molar refractivity (Wildman–Crippen MR) is 61.2 cm³/mol. The van der Waals surface area contributed by atoms with Gasteiger partial charge in [-0.15, -0.1) is 11.3 Å². The van der Waals surface area contributed by atoms with E-state index in [2.05, 4.69) is 32.5 Å². The van der Waals surface area contributed by atoms with Crippen LogP contribution in [0.3, 0.4) is 0 Å². The Morgan fingerprint density at radius 2 is 2.43 bits per heavy atom. The van der Waals surface area contributed by atoms with E-state index in [4.69, 9.17) is 5.73 Å². The number of hydrogen-bond acceptors (Lipinski definition) is 3. The van der Waals surface area contributed by atoms with Crippen LogP contribution < -0.4 is 5.73 Å². The maximum atomic E-state index is 5.48. The van der Waals surface area contributed by atoms with Crippen LogP contribution in [-0.2, 0) is 13.1 Å². The van der Waals surface area contributed by atoms with Crippen molar-refractivity contribution in [1.82, 2.24) is 9.78 Å². The van der Waals surface area contributed by atoms with E-state index in [1.54, 1.807) is 11.3 Å². The quantitative estimate of drug-likeness (QED) is 0.931. The monoisotopic (exact) mass is 271 g/mol. The zero-order chi connectivity index (χ0) is 9.97. The topological polar surface area (TPSA) is 43.8 Å². The first-order chi connectivity index (χ1) is 6.78. The van der Waals surface area contributed by atoms with Crippen molar-refractivity contribution in [2.45, 2.75) is 13.1 Å². The van der Waals surface area contributed by atoms with E-state index >= 15 is 0 Å². The minimum absolute atomic E-state index is 0.501. The third kappa shape index (κ3) is 2.23. The Morgan fingerprint density at radius 3 is 3.00 bits per heavy atom. The van der Waals surface area contributed by atoms with E-state index in [-0.39, 0.29) is 0 Å². The molecule has 5 heteroatoms. The Morgan fingerprint density at radius 1 is 1.57 bits per heavy atom. The Balaban J connectivity index is 2.10. The first kappa shape index (κ1) is 9.89. The van der Waals surface area contributed by atoms with E-state index in [1.165, 1.54) is 4.88 Å². The molecule has 0 aliphatic heterocycles. The summed E-state index contributed by atoms with van der Waals surface area (Å²) in [6.07, 6.45) is 1.95. The van der Waals surface area contributed by atoms with E-state index in [1.807, 2.05) is 16.9 Å². The summed E-state index contributed by atoms with van der Waals surface area (Å²) in [4.78, 5) is 1.28. The highest BCUT2D eigenvalue weighted by Crippen LogP contribution is 2.20. The van der Waals surface area contributed by atoms with Gasteiger partial charge in [-0.2, -0.15) is 5.10 Å². The molecule has 0 aromatic carbocycles. The fourth-order valence-corrected chi connectivity index (χ4v) is 2.64. The molecule has 2 aromatic rings. The zero-order valence-corrected chi connectivity index (χ0v) is 9.88. The van der Waals surface area contributed by atoms with Crippen LogP contribution in [0.1, 0.15) is 10.6 Å². The fourth-order valence-electron chi connectivity index (χ4n) is 1.20. The van der Waals surface area contributed by atoms with Gasteiger partial charge in [-0.05, 0) is 28.1 Å². The second kappa shape index (κ2) is 4.25. The Bertz CT molecular complexity index is 421. The summed E-state index contributed by atoms with van der Waals surface area (Å²) in [5, 5.41) is 6.39. The molecule has 0 bridgehead atoms. The first-order valence-electron chi connectivity index (χ1n) is 4.23. The molecule has 0 aliphatic rings. The average Bonchev–Trinajstić information content (AvgIpc) is 2.76. The Hall–Kier alpha value is -0.650. The van der Waals surface area contributed by atoms with Crippen LogP contribution in [0.15, 0.2) is 28.2 Å². The number of rotatable bonds is 3. The lowest BCUT2D eigenvalue weighted by atomic mass is 10.4. The highest BCUT2D eigenvalue weighted by molar-refractivity contribution is 9.10. The molecule has 0 fully saturated rings. The van der Waals surface area contributed by atoms with Crippen LogP contribution >= 0.6 is 27.3 Å². The maximum absolute atomic E-state index is 5.48. The molecule has 14 heavy (non-hydrogen) atoms. The number of thiophene rings is 1. The normalized spacial score (nSPS) is 10.7. The maximum Gasteiger partial charge on any atom is 0.0760 e. The number of halogens is 1. The smallest absolute Gasteiger partial charge is 0.0760 e. The van der Waals surface area contributed by atoms with E-state index in [9.17, 15) is 0 Å². The summed E-state index contributed by atoms with van der Waals surface area (Å²) in [5.41, 5.74) is 6.41. The molecule has 0 saturated carbocycles. The van der Waals surface area contributed by atoms with Crippen molar-refractivity contribution in [2.75, 3.05) is 0 Å². The molecule has 0 amide bonds. The molecule has 0 aliphatic carbocycles. The summed E-state index contributed by atoms with van der Waals surface area (Å²) >= 11 is 5.15. The van der Waals surface area contributed by atoms with Crippen LogP contribution in [0, 0.1) is 0 Å². The van der Waals surface area contributed by atoms with Crippen molar-refractivity contribution in [3.05, 3.63) is 38.8 Å². The Labute approximate surface area is 94.7 Å². The van der Waals surface area contributed by atoms with Gasteiger partial charge in [0.05, 0.1) is 12.2 Å². The average molecular weight is 272 g/mol. The summed E-state index contributed by atoms with van der Waals surface area (Å²) in [5.74, 6) is 0. The SMILES string of the molecule is NCc1ccn(Cc2cc(Br)cs2)n1. The largest absolute Gasteiger partial charge is 0.325 e. The van der Waals surface area contributed by atoms with Crippen LogP contribution in [0.25, 0.3) is 0 Å². The van der Waals surface area contributed by atoms with Crippen molar-refractivity contribution in [2.24, 2.45) is 5.73 Å². The van der Waals surface area contributed by atoms with Crippen molar-refractivity contribution in [1.29, 1.82) is 0 Å². The Kier molecular flexibility index (Phi) is 3.00. The second-order valence-corrected chi connectivity index (χ2v) is 4.85. The van der Waals surface area contributed by atoms with Gasteiger partial charge < -0.3 is 5.73 Å². The molecule has 74 valence electrons. The number of aromatic nitrogens is 2. The summed E-state index contributed by atoms with van der Waals surface area (Å²) in [7, 11) is 0. The third-order valence-electron chi connectivity index (χ3n) is 1.84. The lowest BCUT2D eigenvalue weighted by molar-refractivity contribution is 0.679. The molecular formula is C9H10BrN3S. The van der Waals surface area contributed by atoms with Gasteiger partial charge in [0.15, 0.2) is 0 Å². The van der Waals surface area contributed by atoms with Crippen molar-refractivity contribution >= 4 is 27.3 Å². The minimum Gasteiger partial charge on any atom is -0.325 e. The van der Waals surface area contributed by atoms with Crippen molar-refractivity contribution in [3.63, 3.8) is 0 Å². The number of nitrogens with two attached hydrogens (primary N) is 1. The van der Waals surface area contributed by atoms with Gasteiger partial charge in [-0.3, -0.25) is 4.68 Å². The lowest BCUT2D eigenvalue weighted by Crippen LogP contribution is -2.02. The minimum atomic E-state index is 0.501. The molecule has 2 N–H and O–H groups in total. The van der Waals surface area contributed by atoms with Gasteiger partial charge in [0, 0.05) is 27.5 Å². The molecule has 3 nitrogen and oxygen atoms in total. The number of nitrogens with zero attached hydrogens (tertiary/aromatic N) is 2. The summed E-state index contributed by atoms with van der Waals surface area (Å²) in [6, 6.07) is 4.05. The molecule has 0 radical (unpaired) electrons. The summed E-state index contributed by atoms with van der Waals surface area (Å²) < 4.78 is 3.03. The molecule has 0 spiro atoms. The highest BCUT2D eigenvalue weighted by atomic mass is 79.9. The van der Waals surface area contributed by atoms with E-state index in [0.29, 0.717) is 6.54 Å². The van der Waals surface area contributed by atoms with Gasteiger partial charge in [0.1, 0.15) is 0 Å². The zero-order valence-electron chi connectivity index (χ0n) is 7.48. The second-order valence-electron chi connectivity index (χ2n) is 2.94. The molecule has 0 unspecified atom stereocenters. The molecule has 0 atom stereocenters. The molecule has 2 aromatic heterocycles. The van der Waals surface area contributed by atoms with Gasteiger partial charge in [-0.25, -0.2) is 0 Å². The molecule has 0 saturated heterocycles. The van der Waals surface area contributed by atoms with Crippen molar-refractivity contribution < 1.29 is 0 Å². The van der Waals surface area contributed by atoms with Gasteiger partial charge in [-0.1, -0.05) is 0 Å². The van der Waals surface area contributed by atoms with Crippen LogP contribution in [0.2, 0.25) is 0 Å². The van der Waals surface area contributed by atoms with Gasteiger partial charge in [0.25, 0.3) is 0 Å². The third-order valence-corrected chi connectivity index (χ3v) is 3.53. The van der Waals surface area contributed by atoms with Gasteiger partial charge >= 0.3 is 0 Å². The van der Waals surface area contributed by atoms with Crippen molar-refractivity contribution in [3.8, 4) is 0 Å². The van der Waals surface area contributed by atoms with E-state index in [0.717, 1.165) is 16.7 Å². The van der Waals surface area contributed by atoms with Gasteiger partial charge in [0.2, 0.25) is 0 Å². The number of hydrogen-bond donors (Lipinski definition) is 1. The van der Waals surface area contributed by atoms with Crippen LogP contribution in [0.4, 0.5) is 0 Å². The predicted octanol–water partition coefficient (Wildman–Crippen LogP) is 2.21. The summed E-state index contributed by atoms with van der Waals surface area (Å²) in [6.45, 7) is 1.32. The molecular weight excluding hydrogens is 262 g/mol. The van der Waals surface area contributed by atoms with Crippen LogP contribution in [-0.4, -0.2) is 9.78 Å². The van der Waals surface area contributed by atoms with Crippen LogP contribution in [0.5, 0.6) is 0 Å². The van der Waals surface area contributed by atoms with E-state index < -0.39 is 0 Å². The fraction of sp³-hybridized carbons (Fsp3) is 0.222. The lowest BCUT2D eigenvalue weighted by Gasteiger charge is -1.97. The molecule has 2 heterocycles. The molecule has 2 rings (SSSR count).